The average molecular weight is 288 g/mol. The summed E-state index contributed by atoms with van der Waals surface area (Å²) < 4.78 is 0. The third kappa shape index (κ3) is 4.55. The molecule has 0 bridgehead atoms. The number of fused-ring (bicyclic) bond motifs is 1. The predicted octanol–water partition coefficient (Wildman–Crippen LogP) is 1.92. The van der Waals surface area contributed by atoms with E-state index < -0.39 is 0 Å². The molecule has 0 unspecified atom stereocenters. The Hall–Kier alpha value is -1.39. The van der Waals surface area contributed by atoms with Crippen LogP contribution in [0.15, 0.2) is 17.1 Å². The highest BCUT2D eigenvalue weighted by molar-refractivity contribution is 5.91. The maximum atomic E-state index is 5.54. The summed E-state index contributed by atoms with van der Waals surface area (Å²) in [6.45, 7) is 3.75. The van der Waals surface area contributed by atoms with E-state index in [2.05, 4.69) is 41.4 Å². The fourth-order valence-corrected chi connectivity index (χ4v) is 2.71. The van der Waals surface area contributed by atoms with Crippen LogP contribution in [0.3, 0.4) is 0 Å². The van der Waals surface area contributed by atoms with E-state index in [0.717, 1.165) is 51.9 Å². The van der Waals surface area contributed by atoms with E-state index in [1.807, 2.05) is 6.21 Å². The second-order valence-corrected chi connectivity index (χ2v) is 5.93. The van der Waals surface area contributed by atoms with Crippen molar-refractivity contribution in [1.29, 1.82) is 0 Å². The molecular formula is C17H28N4. The highest BCUT2D eigenvalue weighted by atomic mass is 15.0. The van der Waals surface area contributed by atoms with E-state index in [4.69, 9.17) is 5.73 Å². The number of anilines is 1. The molecule has 0 fully saturated rings. The Morgan fingerprint density at radius 1 is 1.29 bits per heavy atom. The van der Waals surface area contributed by atoms with Crippen molar-refractivity contribution < 1.29 is 0 Å². The zero-order chi connectivity index (χ0) is 15.1. The third-order valence-electron chi connectivity index (χ3n) is 3.94. The summed E-state index contributed by atoms with van der Waals surface area (Å²) in [5.41, 5.74) is 11.0. The lowest BCUT2D eigenvalue weighted by atomic mass is 9.93. The van der Waals surface area contributed by atoms with Crippen LogP contribution in [0.4, 0.5) is 5.69 Å². The Bertz CT molecular complexity index is 480. The van der Waals surface area contributed by atoms with Gasteiger partial charge in [0.15, 0.2) is 0 Å². The van der Waals surface area contributed by atoms with Gasteiger partial charge in [-0.15, -0.1) is 0 Å². The minimum absolute atomic E-state index is 0.769. The van der Waals surface area contributed by atoms with Gasteiger partial charge in [0.2, 0.25) is 0 Å². The number of nitrogens with zero attached hydrogens (tertiary/aromatic N) is 2. The van der Waals surface area contributed by atoms with Crippen molar-refractivity contribution in [2.75, 3.05) is 45.6 Å². The van der Waals surface area contributed by atoms with Crippen LogP contribution in [0.5, 0.6) is 0 Å². The second-order valence-electron chi connectivity index (χ2n) is 5.93. The van der Waals surface area contributed by atoms with E-state index in [1.54, 1.807) is 0 Å². The minimum atomic E-state index is 0.769. The number of rotatable bonds is 8. The Morgan fingerprint density at radius 2 is 2.14 bits per heavy atom. The van der Waals surface area contributed by atoms with E-state index in [1.165, 1.54) is 22.4 Å². The molecule has 4 heteroatoms. The Balaban J connectivity index is 2.11. The Kier molecular flexibility index (Phi) is 6.21. The molecule has 21 heavy (non-hydrogen) atoms. The highest BCUT2D eigenvalue weighted by Crippen LogP contribution is 2.26. The van der Waals surface area contributed by atoms with E-state index >= 15 is 0 Å². The number of benzene rings is 1. The fraction of sp³-hybridized carbons (Fsp3) is 0.588. The maximum absolute atomic E-state index is 5.54. The standard InChI is InChI=1S/C17H28N4/c1-21(2)12-8-14-5-6-17(20-10-4-3-9-18)16-13-19-11-7-15(14)16/h5-6,13,20H,3-4,7-12,18H2,1-2H3. The van der Waals surface area contributed by atoms with Crippen molar-refractivity contribution in [3.05, 3.63) is 28.8 Å². The number of unbranched alkanes of at least 4 members (excludes halogenated alkanes) is 1. The van der Waals surface area contributed by atoms with E-state index in [0.29, 0.717) is 0 Å². The van der Waals surface area contributed by atoms with Crippen LogP contribution in [0, 0.1) is 0 Å². The number of aliphatic imine (C=N–C) groups is 1. The minimum Gasteiger partial charge on any atom is -0.385 e. The van der Waals surface area contributed by atoms with Gasteiger partial charge in [-0.3, -0.25) is 4.99 Å². The van der Waals surface area contributed by atoms with E-state index in [9.17, 15) is 0 Å². The first kappa shape index (κ1) is 16.0. The first-order valence-electron chi connectivity index (χ1n) is 7.95. The van der Waals surface area contributed by atoms with Gasteiger partial charge >= 0.3 is 0 Å². The van der Waals surface area contributed by atoms with Gasteiger partial charge in [0.1, 0.15) is 0 Å². The van der Waals surface area contributed by atoms with Crippen molar-refractivity contribution in [3.8, 4) is 0 Å². The summed E-state index contributed by atoms with van der Waals surface area (Å²) in [5, 5.41) is 3.54. The lowest BCUT2D eigenvalue weighted by Crippen LogP contribution is -2.18. The average Bonchev–Trinajstić information content (AvgIpc) is 2.50. The number of nitrogens with two attached hydrogens (primary N) is 1. The lowest BCUT2D eigenvalue weighted by molar-refractivity contribution is 0.413. The molecule has 1 aliphatic rings. The van der Waals surface area contributed by atoms with Gasteiger partial charge in [-0.05, 0) is 63.5 Å². The van der Waals surface area contributed by atoms with Gasteiger partial charge in [-0.25, -0.2) is 0 Å². The molecule has 0 radical (unpaired) electrons. The molecule has 0 aromatic heterocycles. The summed E-state index contributed by atoms with van der Waals surface area (Å²) in [7, 11) is 4.25. The quantitative estimate of drug-likeness (QED) is 0.719. The molecule has 0 atom stereocenters. The van der Waals surface area contributed by atoms with Gasteiger partial charge in [-0.1, -0.05) is 6.07 Å². The fourth-order valence-electron chi connectivity index (χ4n) is 2.71. The highest BCUT2D eigenvalue weighted by Gasteiger charge is 2.14. The molecule has 1 aromatic rings. The van der Waals surface area contributed by atoms with Gasteiger partial charge in [0, 0.05) is 37.1 Å². The maximum Gasteiger partial charge on any atom is 0.0432 e. The zero-order valence-corrected chi connectivity index (χ0v) is 13.4. The molecule has 0 aliphatic carbocycles. The summed E-state index contributed by atoms with van der Waals surface area (Å²) in [5.74, 6) is 0. The Morgan fingerprint density at radius 3 is 2.90 bits per heavy atom. The molecule has 2 rings (SSSR count). The van der Waals surface area contributed by atoms with Crippen molar-refractivity contribution in [3.63, 3.8) is 0 Å². The van der Waals surface area contributed by atoms with Gasteiger partial charge < -0.3 is 16.0 Å². The summed E-state index contributed by atoms with van der Waals surface area (Å²) in [6.07, 6.45) is 6.40. The molecule has 0 amide bonds. The molecule has 0 spiro atoms. The largest absolute Gasteiger partial charge is 0.385 e. The molecular weight excluding hydrogens is 260 g/mol. The van der Waals surface area contributed by atoms with Crippen LogP contribution >= 0.6 is 0 Å². The molecule has 116 valence electrons. The smallest absolute Gasteiger partial charge is 0.0432 e. The first-order valence-corrected chi connectivity index (χ1v) is 7.95. The topological polar surface area (TPSA) is 53.6 Å². The van der Waals surface area contributed by atoms with E-state index in [-0.39, 0.29) is 0 Å². The molecule has 1 heterocycles. The predicted molar refractivity (Wildman–Crippen MR) is 91.6 cm³/mol. The monoisotopic (exact) mass is 288 g/mol. The SMILES string of the molecule is CN(C)CCc1ccc(NCCCCN)c2c1CCN=C2. The second kappa shape index (κ2) is 8.15. The van der Waals surface area contributed by atoms with Gasteiger partial charge in [0.05, 0.1) is 0 Å². The normalized spacial score (nSPS) is 13.5. The summed E-state index contributed by atoms with van der Waals surface area (Å²) in [6, 6.07) is 4.50. The molecule has 0 saturated carbocycles. The van der Waals surface area contributed by atoms with Crippen LogP contribution in [0.2, 0.25) is 0 Å². The molecule has 4 nitrogen and oxygen atoms in total. The first-order chi connectivity index (χ1) is 10.2. The summed E-state index contributed by atoms with van der Waals surface area (Å²) >= 11 is 0. The Labute approximate surface area is 128 Å². The summed E-state index contributed by atoms with van der Waals surface area (Å²) in [4.78, 5) is 6.70. The molecule has 1 aromatic carbocycles. The van der Waals surface area contributed by atoms with Crippen LogP contribution in [0.1, 0.15) is 29.5 Å². The number of hydrogen-bond acceptors (Lipinski definition) is 4. The number of likely N-dealkylation sites (N-methyl/N-ethyl adjacent to an activating group) is 1. The van der Waals surface area contributed by atoms with Gasteiger partial charge in [-0.2, -0.15) is 0 Å². The molecule has 3 N–H and O–H groups in total. The number of hydrogen-bond donors (Lipinski definition) is 2. The molecule has 0 saturated heterocycles. The van der Waals surface area contributed by atoms with Gasteiger partial charge in [0.25, 0.3) is 0 Å². The van der Waals surface area contributed by atoms with Crippen LogP contribution in [-0.2, 0) is 12.8 Å². The van der Waals surface area contributed by atoms with Crippen molar-refractivity contribution in [2.45, 2.75) is 25.7 Å². The van der Waals surface area contributed by atoms with Crippen LogP contribution in [-0.4, -0.2) is 51.4 Å². The lowest BCUT2D eigenvalue weighted by Gasteiger charge is -2.20. The van der Waals surface area contributed by atoms with Crippen molar-refractivity contribution in [2.24, 2.45) is 10.7 Å². The third-order valence-corrected chi connectivity index (χ3v) is 3.94. The van der Waals surface area contributed by atoms with Crippen LogP contribution in [0.25, 0.3) is 0 Å². The van der Waals surface area contributed by atoms with Crippen LogP contribution < -0.4 is 11.1 Å². The number of nitrogens with one attached hydrogen (secondary N) is 1. The zero-order valence-electron chi connectivity index (χ0n) is 13.4. The molecule has 1 aliphatic heterocycles. The van der Waals surface area contributed by atoms with Crippen molar-refractivity contribution in [1.82, 2.24) is 4.90 Å². The van der Waals surface area contributed by atoms with Crippen molar-refractivity contribution >= 4 is 11.9 Å².